The fourth-order valence-electron chi connectivity index (χ4n) is 3.00. The smallest absolute Gasteiger partial charge is 0.321 e. The number of hydrogen-bond donors (Lipinski definition) is 2. The van der Waals surface area contributed by atoms with Crippen LogP contribution < -0.4 is 10.6 Å². The lowest BCUT2D eigenvalue weighted by atomic mass is 10.2. The van der Waals surface area contributed by atoms with Crippen LogP contribution in [0.5, 0.6) is 0 Å². The van der Waals surface area contributed by atoms with E-state index in [-0.39, 0.29) is 11.9 Å². The molecule has 1 saturated heterocycles. The highest BCUT2D eigenvalue weighted by Gasteiger charge is 2.21. The van der Waals surface area contributed by atoms with Crippen LogP contribution in [0.2, 0.25) is 5.02 Å². The van der Waals surface area contributed by atoms with E-state index in [4.69, 9.17) is 11.6 Å². The van der Waals surface area contributed by atoms with Crippen molar-refractivity contribution >= 4 is 34.9 Å². The first-order chi connectivity index (χ1) is 13.0. The first-order valence-corrected chi connectivity index (χ1v) is 9.28. The van der Waals surface area contributed by atoms with Crippen LogP contribution in [-0.4, -0.2) is 47.9 Å². The molecule has 0 unspecified atom stereocenters. The van der Waals surface area contributed by atoms with E-state index < -0.39 is 0 Å². The number of halogens is 1. The van der Waals surface area contributed by atoms with Gasteiger partial charge in [-0.3, -0.25) is 9.69 Å². The molecular weight excluding hydrogens is 364 g/mol. The average Bonchev–Trinajstić information content (AvgIpc) is 2.65. The van der Waals surface area contributed by atoms with Crippen molar-refractivity contribution in [3.05, 3.63) is 59.1 Å². The van der Waals surface area contributed by atoms with Gasteiger partial charge in [0.05, 0.1) is 0 Å². The Kier molecular flexibility index (Phi) is 6.32. The number of carbonyl (C=O) groups excluding carboxylic acids is 2. The van der Waals surface area contributed by atoms with Crippen LogP contribution in [0.1, 0.15) is 12.5 Å². The summed E-state index contributed by atoms with van der Waals surface area (Å²) in [5, 5.41) is 6.35. The summed E-state index contributed by atoms with van der Waals surface area (Å²) in [6, 6.07) is 14.9. The minimum Gasteiger partial charge on any atom is -0.326 e. The van der Waals surface area contributed by atoms with E-state index in [1.54, 1.807) is 24.3 Å². The molecule has 2 N–H and O–H groups in total. The number of carbonyl (C=O) groups is 2. The van der Waals surface area contributed by atoms with Crippen molar-refractivity contribution in [3.63, 3.8) is 0 Å². The first kappa shape index (κ1) is 19.2. The van der Waals surface area contributed by atoms with Crippen molar-refractivity contribution in [2.45, 2.75) is 13.5 Å². The summed E-state index contributed by atoms with van der Waals surface area (Å²) in [6.45, 7) is 5.35. The van der Waals surface area contributed by atoms with Crippen molar-refractivity contribution in [2.75, 3.05) is 36.8 Å². The highest BCUT2D eigenvalue weighted by atomic mass is 35.5. The quantitative estimate of drug-likeness (QED) is 0.843. The Balaban J connectivity index is 1.46. The maximum absolute atomic E-state index is 12.4. The Labute approximate surface area is 164 Å². The number of anilines is 2. The molecule has 0 atom stereocenters. The summed E-state index contributed by atoms with van der Waals surface area (Å²) < 4.78 is 0. The molecule has 0 spiro atoms. The van der Waals surface area contributed by atoms with Gasteiger partial charge in [0.1, 0.15) is 0 Å². The van der Waals surface area contributed by atoms with Crippen LogP contribution in [0.15, 0.2) is 48.5 Å². The predicted octanol–water partition coefficient (Wildman–Crippen LogP) is 3.65. The summed E-state index contributed by atoms with van der Waals surface area (Å²) in [7, 11) is 0. The predicted molar refractivity (Wildman–Crippen MR) is 108 cm³/mol. The number of urea groups is 1. The maximum atomic E-state index is 12.4. The van der Waals surface area contributed by atoms with Crippen LogP contribution in [-0.2, 0) is 11.3 Å². The van der Waals surface area contributed by atoms with Gasteiger partial charge in [-0.25, -0.2) is 4.79 Å². The van der Waals surface area contributed by atoms with Gasteiger partial charge in [0.15, 0.2) is 0 Å². The lowest BCUT2D eigenvalue weighted by Crippen LogP contribution is -2.49. The number of hydrogen-bond acceptors (Lipinski definition) is 3. The Morgan fingerprint density at radius 2 is 1.44 bits per heavy atom. The minimum absolute atomic E-state index is 0.103. The normalized spacial score (nSPS) is 14.7. The molecule has 3 rings (SSSR count). The van der Waals surface area contributed by atoms with Crippen LogP contribution in [0.25, 0.3) is 0 Å². The monoisotopic (exact) mass is 386 g/mol. The van der Waals surface area contributed by atoms with Crippen molar-refractivity contribution in [3.8, 4) is 0 Å². The molecule has 0 saturated carbocycles. The third-order valence-corrected chi connectivity index (χ3v) is 4.69. The van der Waals surface area contributed by atoms with Gasteiger partial charge in [-0.05, 0) is 42.0 Å². The van der Waals surface area contributed by atoms with Gasteiger partial charge in [-0.1, -0.05) is 23.7 Å². The molecule has 1 aliphatic heterocycles. The Hall–Kier alpha value is -2.57. The van der Waals surface area contributed by atoms with Gasteiger partial charge in [-0.2, -0.15) is 0 Å². The topological polar surface area (TPSA) is 64.7 Å². The molecule has 0 radical (unpaired) electrons. The van der Waals surface area contributed by atoms with Gasteiger partial charge in [0.25, 0.3) is 0 Å². The number of benzene rings is 2. The van der Waals surface area contributed by atoms with E-state index >= 15 is 0 Å². The van der Waals surface area contributed by atoms with Crippen molar-refractivity contribution < 1.29 is 9.59 Å². The summed E-state index contributed by atoms with van der Waals surface area (Å²) in [4.78, 5) is 27.6. The SMILES string of the molecule is CC(=O)Nc1ccc(NC(=O)N2CCN(Cc3ccc(Cl)cc3)CC2)cc1. The Morgan fingerprint density at radius 3 is 2.00 bits per heavy atom. The standard InChI is InChI=1S/C20H23ClN4O2/c1-15(26)22-18-6-8-19(9-7-18)23-20(27)25-12-10-24(11-13-25)14-16-2-4-17(21)5-3-16/h2-9H,10-14H2,1H3,(H,22,26)(H,23,27). The molecule has 7 heteroatoms. The van der Waals surface area contributed by atoms with Gasteiger partial charge in [0.2, 0.25) is 5.91 Å². The van der Waals surface area contributed by atoms with Crippen LogP contribution in [0.4, 0.5) is 16.2 Å². The zero-order valence-electron chi connectivity index (χ0n) is 15.2. The molecule has 142 valence electrons. The molecule has 0 aromatic heterocycles. The number of rotatable bonds is 4. The minimum atomic E-state index is -0.122. The van der Waals surface area contributed by atoms with Crippen molar-refractivity contribution in [2.24, 2.45) is 0 Å². The van der Waals surface area contributed by atoms with Gasteiger partial charge >= 0.3 is 6.03 Å². The zero-order valence-corrected chi connectivity index (χ0v) is 16.0. The largest absolute Gasteiger partial charge is 0.326 e. The van der Waals surface area contributed by atoms with E-state index in [1.807, 2.05) is 29.2 Å². The number of piperazine rings is 1. The molecule has 0 aliphatic carbocycles. The van der Waals surface area contributed by atoms with Crippen molar-refractivity contribution in [1.29, 1.82) is 0 Å². The van der Waals surface area contributed by atoms with Gasteiger partial charge in [0, 0.05) is 56.0 Å². The highest BCUT2D eigenvalue weighted by molar-refractivity contribution is 6.30. The van der Waals surface area contributed by atoms with E-state index in [0.29, 0.717) is 24.5 Å². The van der Waals surface area contributed by atoms with E-state index in [2.05, 4.69) is 15.5 Å². The molecular formula is C20H23ClN4O2. The third-order valence-electron chi connectivity index (χ3n) is 4.44. The lowest BCUT2D eigenvalue weighted by molar-refractivity contribution is -0.114. The second-order valence-electron chi connectivity index (χ2n) is 6.58. The summed E-state index contributed by atoms with van der Waals surface area (Å²) in [5.74, 6) is -0.122. The number of amides is 3. The number of nitrogens with one attached hydrogen (secondary N) is 2. The maximum Gasteiger partial charge on any atom is 0.321 e. The first-order valence-electron chi connectivity index (χ1n) is 8.90. The summed E-state index contributed by atoms with van der Waals surface area (Å²) in [6.07, 6.45) is 0. The third kappa shape index (κ3) is 5.70. The molecule has 1 heterocycles. The summed E-state index contributed by atoms with van der Waals surface area (Å²) in [5.41, 5.74) is 2.63. The second kappa shape index (κ2) is 8.88. The van der Waals surface area contributed by atoms with E-state index in [1.165, 1.54) is 12.5 Å². The molecule has 2 aromatic rings. The Morgan fingerprint density at radius 1 is 0.889 bits per heavy atom. The molecule has 27 heavy (non-hydrogen) atoms. The Bertz CT molecular complexity index is 785. The van der Waals surface area contributed by atoms with Gasteiger partial charge in [-0.15, -0.1) is 0 Å². The molecule has 3 amide bonds. The lowest BCUT2D eigenvalue weighted by Gasteiger charge is -2.34. The molecule has 0 bridgehead atoms. The highest BCUT2D eigenvalue weighted by Crippen LogP contribution is 2.16. The molecule has 1 aliphatic rings. The van der Waals surface area contributed by atoms with Crippen LogP contribution in [0.3, 0.4) is 0 Å². The fourth-order valence-corrected chi connectivity index (χ4v) is 3.13. The average molecular weight is 387 g/mol. The van der Waals surface area contributed by atoms with Crippen molar-refractivity contribution in [1.82, 2.24) is 9.80 Å². The number of nitrogens with zero attached hydrogens (tertiary/aromatic N) is 2. The van der Waals surface area contributed by atoms with E-state index in [0.717, 1.165) is 24.7 Å². The molecule has 1 fully saturated rings. The molecule has 2 aromatic carbocycles. The zero-order chi connectivity index (χ0) is 19.2. The van der Waals surface area contributed by atoms with Gasteiger partial charge < -0.3 is 15.5 Å². The van der Waals surface area contributed by atoms with Crippen LogP contribution >= 0.6 is 11.6 Å². The summed E-state index contributed by atoms with van der Waals surface area (Å²) >= 11 is 5.92. The molecule has 6 nitrogen and oxygen atoms in total. The van der Waals surface area contributed by atoms with Crippen LogP contribution in [0, 0.1) is 0 Å². The second-order valence-corrected chi connectivity index (χ2v) is 7.01. The fraction of sp³-hybridized carbons (Fsp3) is 0.300. The van der Waals surface area contributed by atoms with E-state index in [9.17, 15) is 9.59 Å².